The summed E-state index contributed by atoms with van der Waals surface area (Å²) >= 11 is 1.33. The van der Waals surface area contributed by atoms with E-state index in [1.165, 1.54) is 11.3 Å². The van der Waals surface area contributed by atoms with Gasteiger partial charge in [0, 0.05) is 12.1 Å². The molecule has 2 aromatic rings. The molecule has 0 saturated heterocycles. The van der Waals surface area contributed by atoms with Gasteiger partial charge in [-0.05, 0) is 19.3 Å². The normalized spacial score (nSPS) is 13.4. The summed E-state index contributed by atoms with van der Waals surface area (Å²) < 4.78 is 0. The third kappa shape index (κ3) is 5.09. The Labute approximate surface area is 133 Å². The van der Waals surface area contributed by atoms with E-state index in [0.29, 0.717) is 18.1 Å². The Hall–Kier alpha value is -1.99. The van der Waals surface area contributed by atoms with Crippen LogP contribution in [-0.2, 0) is 0 Å². The Kier molecular flexibility index (Phi) is 5.85. The number of benzene rings is 1. The first-order chi connectivity index (χ1) is 10.5. The second-order valence-corrected chi connectivity index (χ2v) is 6.28. The number of hydrogen-bond acceptors (Lipinski definition) is 5. The van der Waals surface area contributed by atoms with Gasteiger partial charge in [0.1, 0.15) is 5.01 Å². The van der Waals surface area contributed by atoms with Crippen LogP contribution < -0.4 is 10.6 Å². The van der Waals surface area contributed by atoms with Crippen LogP contribution in [0.2, 0.25) is 0 Å². The van der Waals surface area contributed by atoms with Crippen molar-refractivity contribution in [1.82, 2.24) is 15.5 Å². The van der Waals surface area contributed by atoms with Gasteiger partial charge in [0.15, 0.2) is 0 Å². The topological polar surface area (TPSA) is 87.1 Å². The first kappa shape index (κ1) is 16.4. The second-order valence-electron chi connectivity index (χ2n) is 5.30. The molecular formula is C15H20N4O2S. The molecule has 1 heterocycles. The monoisotopic (exact) mass is 320 g/mol. The summed E-state index contributed by atoms with van der Waals surface area (Å²) in [6, 6.07) is 9.38. The Balaban J connectivity index is 1.84. The van der Waals surface area contributed by atoms with Crippen molar-refractivity contribution in [3.05, 3.63) is 30.3 Å². The maximum atomic E-state index is 11.8. The van der Waals surface area contributed by atoms with E-state index < -0.39 is 0 Å². The van der Waals surface area contributed by atoms with Gasteiger partial charge in [0.05, 0.1) is 6.10 Å². The minimum Gasteiger partial charge on any atom is -0.393 e. The predicted molar refractivity (Wildman–Crippen MR) is 87.8 cm³/mol. The van der Waals surface area contributed by atoms with E-state index in [0.717, 1.165) is 10.6 Å². The smallest absolute Gasteiger partial charge is 0.321 e. The first-order valence-electron chi connectivity index (χ1n) is 7.16. The van der Waals surface area contributed by atoms with Crippen molar-refractivity contribution in [2.45, 2.75) is 26.4 Å². The van der Waals surface area contributed by atoms with E-state index in [1.54, 1.807) is 6.92 Å². The Morgan fingerprint density at radius 3 is 2.68 bits per heavy atom. The molecule has 2 rings (SSSR count). The van der Waals surface area contributed by atoms with Crippen LogP contribution in [0.4, 0.5) is 9.93 Å². The van der Waals surface area contributed by atoms with Gasteiger partial charge in [-0.25, -0.2) is 4.79 Å². The van der Waals surface area contributed by atoms with Crippen LogP contribution in [0, 0.1) is 5.92 Å². The molecule has 22 heavy (non-hydrogen) atoms. The molecule has 0 aliphatic heterocycles. The van der Waals surface area contributed by atoms with Crippen molar-refractivity contribution in [2.75, 3.05) is 11.9 Å². The van der Waals surface area contributed by atoms with Crippen molar-refractivity contribution in [2.24, 2.45) is 5.92 Å². The van der Waals surface area contributed by atoms with Crippen LogP contribution in [0.5, 0.6) is 0 Å². The number of rotatable bonds is 6. The molecule has 7 heteroatoms. The van der Waals surface area contributed by atoms with Gasteiger partial charge in [0.25, 0.3) is 0 Å². The van der Waals surface area contributed by atoms with Gasteiger partial charge in [-0.1, -0.05) is 48.6 Å². The van der Waals surface area contributed by atoms with E-state index >= 15 is 0 Å². The third-order valence-electron chi connectivity index (χ3n) is 3.02. The zero-order valence-electron chi connectivity index (χ0n) is 12.6. The van der Waals surface area contributed by atoms with Gasteiger partial charge in [0.2, 0.25) is 5.13 Å². The Morgan fingerprint density at radius 1 is 1.27 bits per heavy atom. The molecule has 0 aliphatic carbocycles. The molecule has 0 spiro atoms. The van der Waals surface area contributed by atoms with Gasteiger partial charge in [-0.3, -0.25) is 5.32 Å². The standard InChI is InChI=1S/C15H20N4O2S/c1-10(8-11(2)20)9-16-14(21)17-15-19-18-13(22-15)12-6-4-3-5-7-12/h3-7,10-11,20H,8-9H2,1-2H3,(H2,16,17,19,21). The molecule has 0 radical (unpaired) electrons. The van der Waals surface area contributed by atoms with Crippen molar-refractivity contribution >= 4 is 22.5 Å². The highest BCUT2D eigenvalue weighted by atomic mass is 32.1. The molecule has 0 bridgehead atoms. The zero-order valence-corrected chi connectivity index (χ0v) is 13.4. The average molecular weight is 320 g/mol. The van der Waals surface area contributed by atoms with Crippen LogP contribution in [0.1, 0.15) is 20.3 Å². The van der Waals surface area contributed by atoms with Crippen molar-refractivity contribution in [1.29, 1.82) is 0 Å². The maximum absolute atomic E-state index is 11.8. The number of aromatic nitrogens is 2. The molecule has 3 N–H and O–H groups in total. The lowest BCUT2D eigenvalue weighted by molar-refractivity contribution is 0.163. The summed E-state index contributed by atoms with van der Waals surface area (Å²) in [6.07, 6.45) is 0.286. The van der Waals surface area contributed by atoms with E-state index in [-0.39, 0.29) is 18.1 Å². The molecule has 0 saturated carbocycles. The number of carbonyl (C=O) groups is 1. The van der Waals surface area contributed by atoms with Crippen LogP contribution >= 0.6 is 11.3 Å². The molecule has 1 aromatic carbocycles. The molecule has 1 aromatic heterocycles. The van der Waals surface area contributed by atoms with Crippen LogP contribution in [0.15, 0.2) is 30.3 Å². The number of amides is 2. The SMILES string of the molecule is CC(O)CC(C)CNC(=O)Nc1nnc(-c2ccccc2)s1. The fourth-order valence-electron chi connectivity index (χ4n) is 2.05. The number of carbonyl (C=O) groups excluding carboxylic acids is 1. The lowest BCUT2D eigenvalue weighted by Crippen LogP contribution is -2.33. The number of aliphatic hydroxyl groups excluding tert-OH is 1. The van der Waals surface area contributed by atoms with Crippen molar-refractivity contribution in [3.8, 4) is 10.6 Å². The number of nitrogens with one attached hydrogen (secondary N) is 2. The largest absolute Gasteiger partial charge is 0.393 e. The zero-order chi connectivity index (χ0) is 15.9. The summed E-state index contributed by atoms with van der Waals surface area (Å²) in [5, 5.41) is 24.0. The molecule has 2 amide bonds. The summed E-state index contributed by atoms with van der Waals surface area (Å²) in [5.74, 6) is 0.208. The molecule has 2 atom stereocenters. The molecule has 0 aliphatic rings. The molecule has 118 valence electrons. The van der Waals surface area contributed by atoms with Crippen LogP contribution in [0.3, 0.4) is 0 Å². The van der Waals surface area contributed by atoms with Gasteiger partial charge >= 0.3 is 6.03 Å². The summed E-state index contributed by atoms with van der Waals surface area (Å²) in [6.45, 7) is 4.22. The van der Waals surface area contributed by atoms with E-state index in [9.17, 15) is 9.90 Å². The number of aliphatic hydroxyl groups is 1. The lowest BCUT2D eigenvalue weighted by Gasteiger charge is -2.13. The van der Waals surface area contributed by atoms with E-state index in [1.807, 2.05) is 37.3 Å². The minimum absolute atomic E-state index is 0.208. The Bertz CT molecular complexity index is 601. The fourth-order valence-corrected chi connectivity index (χ4v) is 2.79. The molecular weight excluding hydrogens is 300 g/mol. The number of anilines is 1. The lowest BCUT2D eigenvalue weighted by atomic mass is 10.1. The molecule has 6 nitrogen and oxygen atoms in total. The minimum atomic E-state index is -0.364. The van der Waals surface area contributed by atoms with Gasteiger partial charge in [-0.2, -0.15) is 0 Å². The van der Waals surface area contributed by atoms with Crippen molar-refractivity contribution in [3.63, 3.8) is 0 Å². The van der Waals surface area contributed by atoms with Gasteiger partial charge < -0.3 is 10.4 Å². The highest BCUT2D eigenvalue weighted by Crippen LogP contribution is 2.25. The van der Waals surface area contributed by atoms with E-state index in [4.69, 9.17) is 0 Å². The quantitative estimate of drug-likeness (QED) is 0.764. The molecule has 0 fully saturated rings. The number of nitrogens with zero attached hydrogens (tertiary/aromatic N) is 2. The predicted octanol–water partition coefficient (Wildman–Crippen LogP) is 2.73. The number of urea groups is 1. The van der Waals surface area contributed by atoms with E-state index in [2.05, 4.69) is 20.8 Å². The van der Waals surface area contributed by atoms with Crippen LogP contribution in [-0.4, -0.2) is 34.0 Å². The maximum Gasteiger partial charge on any atom is 0.321 e. The average Bonchev–Trinajstić information content (AvgIpc) is 2.94. The third-order valence-corrected chi connectivity index (χ3v) is 3.91. The van der Waals surface area contributed by atoms with Crippen LogP contribution in [0.25, 0.3) is 10.6 Å². The highest BCUT2D eigenvalue weighted by Gasteiger charge is 2.11. The summed E-state index contributed by atoms with van der Waals surface area (Å²) in [5.41, 5.74) is 0.971. The highest BCUT2D eigenvalue weighted by molar-refractivity contribution is 7.18. The van der Waals surface area contributed by atoms with Crippen molar-refractivity contribution < 1.29 is 9.90 Å². The summed E-state index contributed by atoms with van der Waals surface area (Å²) in [7, 11) is 0. The van der Waals surface area contributed by atoms with Gasteiger partial charge in [-0.15, -0.1) is 10.2 Å². The second kappa shape index (κ2) is 7.86. The fraction of sp³-hybridized carbons (Fsp3) is 0.400. The first-order valence-corrected chi connectivity index (χ1v) is 7.98. The summed E-state index contributed by atoms with van der Waals surface area (Å²) in [4.78, 5) is 11.8. The molecule has 2 unspecified atom stereocenters. The Morgan fingerprint density at radius 2 is 2.00 bits per heavy atom. The number of hydrogen-bond donors (Lipinski definition) is 3.